The summed E-state index contributed by atoms with van der Waals surface area (Å²) in [6.45, 7) is 9.74. The predicted octanol–water partition coefficient (Wildman–Crippen LogP) is 13.3. The van der Waals surface area contributed by atoms with E-state index in [-0.39, 0.29) is 0 Å². The average Bonchev–Trinajstić information content (AvgIpc) is 3.28. The Labute approximate surface area is 352 Å². The van der Waals surface area contributed by atoms with Crippen LogP contribution in [0.2, 0.25) is 0 Å². The lowest BCUT2D eigenvalue weighted by Gasteiger charge is -2.25. The molecule has 7 heteroatoms. The summed E-state index contributed by atoms with van der Waals surface area (Å²) < 4.78 is 18.6. The third-order valence-electron chi connectivity index (χ3n) is 10.8. The molecule has 2 atom stereocenters. The molecule has 6 rings (SSSR count). The molecule has 0 spiro atoms. The smallest absolute Gasteiger partial charge is 0.127 e. The van der Waals surface area contributed by atoms with E-state index < -0.39 is 12.2 Å². The lowest BCUT2D eigenvalue weighted by Crippen LogP contribution is -2.16. The number of aryl methyl sites for hydroxylation is 2. The van der Waals surface area contributed by atoms with Gasteiger partial charge < -0.3 is 14.2 Å². The van der Waals surface area contributed by atoms with Gasteiger partial charge in [0.25, 0.3) is 0 Å². The molecule has 0 fully saturated rings. The van der Waals surface area contributed by atoms with E-state index in [2.05, 4.69) is 62.4 Å². The first-order valence-electron chi connectivity index (χ1n) is 22.0. The maximum absolute atomic E-state index is 7.26. The zero-order valence-corrected chi connectivity index (χ0v) is 35.6. The van der Waals surface area contributed by atoms with Crippen molar-refractivity contribution in [3.8, 4) is 34.0 Å². The van der Waals surface area contributed by atoms with E-state index >= 15 is 0 Å². The average molecular weight is 791 g/mol. The SMILES string of the molecule is CCCCCCCc1ccc(C(OC(c2ccc(CCCCCCC)cc2)c2cnc(-c3ccc(OCC)cc3)cn2)c2cnc(-c3ccc(OCC)cc3)cn2)cc1. The third-order valence-corrected chi connectivity index (χ3v) is 10.8. The van der Waals surface area contributed by atoms with Gasteiger partial charge in [0.05, 0.1) is 60.8 Å². The molecule has 59 heavy (non-hydrogen) atoms. The maximum atomic E-state index is 7.26. The first-order chi connectivity index (χ1) is 29.1. The first kappa shape index (κ1) is 43.2. The molecule has 0 saturated heterocycles. The minimum Gasteiger partial charge on any atom is -0.494 e. The van der Waals surface area contributed by atoms with Gasteiger partial charge in [-0.25, -0.2) is 0 Å². The van der Waals surface area contributed by atoms with Gasteiger partial charge in [-0.3, -0.25) is 19.9 Å². The van der Waals surface area contributed by atoms with Crippen LogP contribution in [-0.4, -0.2) is 33.1 Å². The van der Waals surface area contributed by atoms with Crippen molar-refractivity contribution in [3.63, 3.8) is 0 Å². The molecule has 0 bridgehead atoms. The van der Waals surface area contributed by atoms with Gasteiger partial charge in [-0.1, -0.05) is 114 Å². The van der Waals surface area contributed by atoms with E-state index in [1.165, 1.54) is 75.3 Å². The van der Waals surface area contributed by atoms with Crippen LogP contribution in [0.1, 0.15) is 138 Å². The lowest BCUT2D eigenvalue weighted by molar-refractivity contribution is 0.0258. The van der Waals surface area contributed by atoms with Crippen LogP contribution in [0.3, 0.4) is 0 Å². The fourth-order valence-corrected chi connectivity index (χ4v) is 7.38. The number of nitrogens with zero attached hydrogens (tertiary/aromatic N) is 4. The number of hydrogen-bond donors (Lipinski definition) is 0. The molecular weight excluding hydrogens is 729 g/mol. The maximum Gasteiger partial charge on any atom is 0.127 e. The van der Waals surface area contributed by atoms with Crippen LogP contribution in [0.15, 0.2) is 122 Å². The molecule has 6 aromatic rings. The number of aromatic nitrogens is 4. The van der Waals surface area contributed by atoms with E-state index in [1.54, 1.807) is 0 Å². The molecule has 0 saturated carbocycles. The molecular formula is C52H62N4O3. The third kappa shape index (κ3) is 12.8. The van der Waals surface area contributed by atoms with Crippen molar-refractivity contribution in [3.05, 3.63) is 155 Å². The van der Waals surface area contributed by atoms with Crippen molar-refractivity contribution in [1.29, 1.82) is 0 Å². The summed E-state index contributed by atoms with van der Waals surface area (Å²) in [6, 6.07) is 33.7. The monoisotopic (exact) mass is 790 g/mol. The summed E-state index contributed by atoms with van der Waals surface area (Å²) in [5.41, 5.74) is 9.64. The van der Waals surface area contributed by atoms with Gasteiger partial charge in [0.15, 0.2) is 0 Å². The summed E-state index contributed by atoms with van der Waals surface area (Å²) in [7, 11) is 0. The van der Waals surface area contributed by atoms with E-state index in [9.17, 15) is 0 Å². The molecule has 0 N–H and O–H groups in total. The van der Waals surface area contributed by atoms with Gasteiger partial charge in [0.2, 0.25) is 0 Å². The Bertz CT molecular complexity index is 1910. The second-order valence-corrected chi connectivity index (χ2v) is 15.3. The summed E-state index contributed by atoms with van der Waals surface area (Å²) in [6.07, 6.45) is 21.0. The molecule has 0 amide bonds. The zero-order valence-electron chi connectivity index (χ0n) is 35.6. The second-order valence-electron chi connectivity index (χ2n) is 15.3. The van der Waals surface area contributed by atoms with Gasteiger partial charge in [-0.15, -0.1) is 0 Å². The molecule has 0 aliphatic carbocycles. The number of rotatable bonds is 24. The Morgan fingerprint density at radius 2 is 0.797 bits per heavy atom. The van der Waals surface area contributed by atoms with Crippen molar-refractivity contribution in [1.82, 2.24) is 19.9 Å². The van der Waals surface area contributed by atoms with Crippen LogP contribution >= 0.6 is 0 Å². The highest BCUT2D eigenvalue weighted by atomic mass is 16.5. The van der Waals surface area contributed by atoms with Gasteiger partial charge >= 0.3 is 0 Å². The summed E-state index contributed by atoms with van der Waals surface area (Å²) in [5, 5.41) is 0. The number of unbranched alkanes of at least 4 members (excludes halogenated alkanes) is 8. The van der Waals surface area contributed by atoms with Crippen LogP contribution in [0.5, 0.6) is 11.5 Å². The fourth-order valence-electron chi connectivity index (χ4n) is 7.38. The minimum atomic E-state index is -0.522. The standard InChI is InChI=1S/C52H62N4O3/c1-5-9-11-13-15-17-39-19-23-43(24-20-39)51(49-37-53-47(35-55-49)41-27-31-45(32-28-41)57-7-3)59-52(44-25-21-40(22-26-44)18-16-14-12-10-6-2)50-38-54-48(36-56-50)42-29-33-46(34-30-42)58-8-4/h19-38,51-52H,5-18H2,1-4H3. The lowest BCUT2D eigenvalue weighted by atomic mass is 9.99. The molecule has 0 aliphatic rings. The van der Waals surface area contributed by atoms with E-state index in [1.807, 2.05) is 87.2 Å². The van der Waals surface area contributed by atoms with Crippen molar-refractivity contribution >= 4 is 0 Å². The molecule has 308 valence electrons. The quantitative estimate of drug-likeness (QED) is 0.0565. The van der Waals surface area contributed by atoms with Crippen LogP contribution in [-0.2, 0) is 17.6 Å². The fraction of sp³-hybridized carbons (Fsp3) is 0.385. The Balaban J connectivity index is 1.32. The molecule has 2 unspecified atom stereocenters. The van der Waals surface area contributed by atoms with Crippen LogP contribution in [0.25, 0.3) is 22.5 Å². The Kier molecular flexibility index (Phi) is 17.0. The van der Waals surface area contributed by atoms with Gasteiger partial charge in [0.1, 0.15) is 23.7 Å². The molecule has 7 nitrogen and oxygen atoms in total. The van der Waals surface area contributed by atoms with E-state index in [4.69, 9.17) is 34.1 Å². The van der Waals surface area contributed by atoms with Crippen molar-refractivity contribution in [2.45, 2.75) is 117 Å². The van der Waals surface area contributed by atoms with Crippen molar-refractivity contribution < 1.29 is 14.2 Å². The normalized spacial score (nSPS) is 12.3. The van der Waals surface area contributed by atoms with E-state index in [0.717, 1.165) is 69.4 Å². The summed E-state index contributed by atoms with van der Waals surface area (Å²) in [5.74, 6) is 1.67. The van der Waals surface area contributed by atoms with Gasteiger partial charge in [0, 0.05) is 11.1 Å². The second kappa shape index (κ2) is 23.3. The van der Waals surface area contributed by atoms with E-state index in [0.29, 0.717) is 13.2 Å². The highest BCUT2D eigenvalue weighted by molar-refractivity contribution is 5.60. The van der Waals surface area contributed by atoms with Crippen molar-refractivity contribution in [2.24, 2.45) is 0 Å². The van der Waals surface area contributed by atoms with Crippen molar-refractivity contribution in [2.75, 3.05) is 13.2 Å². The summed E-state index contributed by atoms with van der Waals surface area (Å²) >= 11 is 0. The molecule has 4 aromatic carbocycles. The number of ether oxygens (including phenoxy) is 3. The highest BCUT2D eigenvalue weighted by Crippen LogP contribution is 2.36. The summed E-state index contributed by atoms with van der Waals surface area (Å²) in [4.78, 5) is 19.8. The molecule has 2 aromatic heterocycles. The minimum absolute atomic E-state index is 0.522. The van der Waals surface area contributed by atoms with Crippen LogP contribution < -0.4 is 9.47 Å². The Morgan fingerprint density at radius 3 is 1.14 bits per heavy atom. The number of benzene rings is 4. The Morgan fingerprint density at radius 1 is 0.407 bits per heavy atom. The zero-order chi connectivity index (χ0) is 41.1. The van der Waals surface area contributed by atoms with Crippen LogP contribution in [0.4, 0.5) is 0 Å². The first-order valence-corrected chi connectivity index (χ1v) is 22.0. The number of hydrogen-bond acceptors (Lipinski definition) is 7. The highest BCUT2D eigenvalue weighted by Gasteiger charge is 2.26. The Hall–Kier alpha value is -5.40. The molecule has 2 heterocycles. The van der Waals surface area contributed by atoms with Gasteiger partial charge in [-0.05, 0) is 110 Å². The van der Waals surface area contributed by atoms with Crippen LogP contribution in [0, 0.1) is 0 Å². The predicted molar refractivity (Wildman–Crippen MR) is 240 cm³/mol. The van der Waals surface area contributed by atoms with Gasteiger partial charge in [-0.2, -0.15) is 0 Å². The molecule has 0 radical (unpaired) electrons. The topological polar surface area (TPSA) is 79.2 Å². The molecule has 0 aliphatic heterocycles. The largest absolute Gasteiger partial charge is 0.494 e.